The summed E-state index contributed by atoms with van der Waals surface area (Å²) >= 11 is 12.9. The molecule has 8 heteroatoms. The summed E-state index contributed by atoms with van der Waals surface area (Å²) in [5.41, 5.74) is 1.94. The second kappa shape index (κ2) is 9.84. The van der Waals surface area contributed by atoms with Crippen LogP contribution in [0.1, 0.15) is 54.2 Å². The van der Waals surface area contributed by atoms with Crippen LogP contribution in [0.4, 0.5) is 0 Å². The fraction of sp³-hybridized carbons (Fsp3) is 0.542. The number of hydrogen-bond donors (Lipinski definition) is 0. The first-order chi connectivity index (χ1) is 15.3. The Labute approximate surface area is 199 Å². The number of halogens is 2. The predicted octanol–water partition coefficient (Wildman–Crippen LogP) is 4.66. The van der Waals surface area contributed by atoms with Gasteiger partial charge in [-0.3, -0.25) is 9.59 Å². The highest BCUT2D eigenvalue weighted by atomic mass is 35.5. The first-order valence-corrected chi connectivity index (χ1v) is 12.1. The lowest BCUT2D eigenvalue weighted by atomic mass is 9.92. The van der Waals surface area contributed by atoms with Crippen molar-refractivity contribution in [1.82, 2.24) is 19.6 Å². The van der Waals surface area contributed by atoms with Gasteiger partial charge in [-0.15, -0.1) is 0 Å². The van der Waals surface area contributed by atoms with Gasteiger partial charge in [0.05, 0.1) is 17.8 Å². The summed E-state index contributed by atoms with van der Waals surface area (Å²) < 4.78 is 1.62. The third-order valence-corrected chi connectivity index (χ3v) is 7.41. The van der Waals surface area contributed by atoms with Crippen molar-refractivity contribution < 1.29 is 9.59 Å². The Morgan fingerprint density at radius 1 is 1.06 bits per heavy atom. The van der Waals surface area contributed by atoms with E-state index in [-0.39, 0.29) is 17.7 Å². The van der Waals surface area contributed by atoms with E-state index >= 15 is 0 Å². The molecule has 1 unspecified atom stereocenters. The maximum atomic E-state index is 13.3. The zero-order valence-corrected chi connectivity index (χ0v) is 20.2. The lowest BCUT2D eigenvalue weighted by molar-refractivity contribution is -0.138. The molecule has 1 atom stereocenters. The van der Waals surface area contributed by atoms with Crippen LogP contribution in [0.2, 0.25) is 10.2 Å². The van der Waals surface area contributed by atoms with Gasteiger partial charge in [0.15, 0.2) is 0 Å². The van der Waals surface area contributed by atoms with Gasteiger partial charge in [0, 0.05) is 37.1 Å². The summed E-state index contributed by atoms with van der Waals surface area (Å²) in [6.07, 6.45) is 3.67. The molecule has 4 rings (SSSR count). The molecule has 3 heterocycles. The summed E-state index contributed by atoms with van der Waals surface area (Å²) in [6.45, 7) is 7.25. The monoisotopic (exact) mass is 476 g/mol. The molecule has 1 aromatic heterocycles. The minimum absolute atomic E-state index is 0.00358. The van der Waals surface area contributed by atoms with Crippen LogP contribution < -0.4 is 0 Å². The van der Waals surface area contributed by atoms with E-state index in [1.54, 1.807) is 16.5 Å². The van der Waals surface area contributed by atoms with Crippen LogP contribution in [0.5, 0.6) is 0 Å². The van der Waals surface area contributed by atoms with Crippen molar-refractivity contribution in [2.75, 3.05) is 26.2 Å². The number of hydrogen-bond acceptors (Lipinski definition) is 3. The molecule has 32 heavy (non-hydrogen) atoms. The third kappa shape index (κ3) is 4.81. The van der Waals surface area contributed by atoms with Gasteiger partial charge in [-0.1, -0.05) is 48.3 Å². The van der Waals surface area contributed by atoms with E-state index in [1.807, 2.05) is 29.2 Å². The van der Waals surface area contributed by atoms with Crippen LogP contribution in [0.15, 0.2) is 24.3 Å². The number of nitrogens with zero attached hydrogens (tertiary/aromatic N) is 4. The van der Waals surface area contributed by atoms with Gasteiger partial charge in [0.25, 0.3) is 5.91 Å². The standard InChI is InChI=1S/C24H30Cl2N4O2/c1-16-6-5-11-29(14-16)23(31)18-9-12-28(13-10-18)24(32)21-17(2)27-30(22(21)26)15-19-7-3-4-8-20(19)25/h3-4,7-8,16,18H,5-6,9-15H2,1-2H3. The molecule has 2 aromatic rings. The number of piperidine rings is 2. The molecule has 0 bridgehead atoms. The van der Waals surface area contributed by atoms with Crippen LogP contribution in [0.25, 0.3) is 0 Å². The first-order valence-electron chi connectivity index (χ1n) is 11.4. The normalized spacial score (nSPS) is 19.9. The Morgan fingerprint density at radius 2 is 1.78 bits per heavy atom. The fourth-order valence-corrected chi connectivity index (χ4v) is 5.34. The lowest BCUT2D eigenvalue weighted by Crippen LogP contribution is -2.47. The first kappa shape index (κ1) is 23.1. The second-order valence-electron chi connectivity index (χ2n) is 9.10. The largest absolute Gasteiger partial charge is 0.342 e. The van der Waals surface area contributed by atoms with Crippen LogP contribution in [0.3, 0.4) is 0 Å². The van der Waals surface area contributed by atoms with Crippen molar-refractivity contribution in [3.8, 4) is 0 Å². The van der Waals surface area contributed by atoms with Crippen molar-refractivity contribution in [3.05, 3.63) is 51.3 Å². The minimum atomic E-state index is -0.115. The molecule has 0 spiro atoms. The van der Waals surface area contributed by atoms with E-state index in [0.717, 1.165) is 25.1 Å². The Balaban J connectivity index is 1.40. The lowest BCUT2D eigenvalue weighted by Gasteiger charge is -2.37. The van der Waals surface area contributed by atoms with Gasteiger partial charge in [-0.05, 0) is 50.2 Å². The van der Waals surface area contributed by atoms with Crippen molar-refractivity contribution >= 4 is 35.0 Å². The number of benzene rings is 1. The maximum Gasteiger partial charge on any atom is 0.258 e. The summed E-state index contributed by atoms with van der Waals surface area (Å²) in [5.74, 6) is 0.714. The number of rotatable bonds is 4. The summed E-state index contributed by atoms with van der Waals surface area (Å²) in [7, 11) is 0. The van der Waals surface area contributed by atoms with Gasteiger partial charge < -0.3 is 9.80 Å². The number of carbonyl (C=O) groups is 2. The van der Waals surface area contributed by atoms with Gasteiger partial charge in [-0.2, -0.15) is 5.10 Å². The Kier molecular flexibility index (Phi) is 7.11. The third-order valence-electron chi connectivity index (χ3n) is 6.66. The van der Waals surface area contributed by atoms with Crippen molar-refractivity contribution in [2.24, 2.45) is 11.8 Å². The number of amides is 2. The quantitative estimate of drug-likeness (QED) is 0.644. The van der Waals surface area contributed by atoms with Crippen LogP contribution in [-0.4, -0.2) is 57.6 Å². The van der Waals surface area contributed by atoms with Crippen LogP contribution in [0, 0.1) is 18.8 Å². The zero-order chi connectivity index (χ0) is 22.8. The molecule has 0 radical (unpaired) electrons. The molecule has 2 saturated heterocycles. The molecule has 0 aliphatic carbocycles. The van der Waals surface area contributed by atoms with E-state index < -0.39 is 0 Å². The van der Waals surface area contributed by atoms with Crippen LogP contribution >= 0.6 is 23.2 Å². The highest BCUT2D eigenvalue weighted by Crippen LogP contribution is 2.28. The number of aromatic nitrogens is 2. The van der Waals surface area contributed by atoms with E-state index in [1.165, 1.54) is 6.42 Å². The molecule has 2 amide bonds. The number of likely N-dealkylation sites (tertiary alicyclic amines) is 2. The van der Waals surface area contributed by atoms with Gasteiger partial charge in [-0.25, -0.2) is 4.68 Å². The fourth-order valence-electron chi connectivity index (χ4n) is 4.82. The summed E-state index contributed by atoms with van der Waals surface area (Å²) in [6, 6.07) is 7.52. The van der Waals surface area contributed by atoms with E-state index in [4.69, 9.17) is 23.2 Å². The van der Waals surface area contributed by atoms with E-state index in [0.29, 0.717) is 59.8 Å². The highest BCUT2D eigenvalue weighted by molar-refractivity contribution is 6.33. The van der Waals surface area contributed by atoms with E-state index in [2.05, 4.69) is 12.0 Å². The van der Waals surface area contributed by atoms with Gasteiger partial charge in [0.1, 0.15) is 5.15 Å². The molecular weight excluding hydrogens is 447 g/mol. The summed E-state index contributed by atoms with van der Waals surface area (Å²) in [4.78, 5) is 30.0. The molecular formula is C24H30Cl2N4O2. The van der Waals surface area contributed by atoms with E-state index in [9.17, 15) is 9.59 Å². The second-order valence-corrected chi connectivity index (χ2v) is 9.86. The summed E-state index contributed by atoms with van der Waals surface area (Å²) in [5, 5.41) is 5.46. The average Bonchev–Trinajstić information content (AvgIpc) is 3.07. The van der Waals surface area contributed by atoms with Crippen molar-refractivity contribution in [3.63, 3.8) is 0 Å². The average molecular weight is 477 g/mol. The van der Waals surface area contributed by atoms with Gasteiger partial charge >= 0.3 is 0 Å². The topological polar surface area (TPSA) is 58.4 Å². The smallest absolute Gasteiger partial charge is 0.258 e. The predicted molar refractivity (Wildman–Crippen MR) is 126 cm³/mol. The SMILES string of the molecule is Cc1nn(Cc2ccccc2Cl)c(Cl)c1C(=O)N1CCC(C(=O)N2CCCC(C)C2)CC1. The zero-order valence-electron chi connectivity index (χ0n) is 18.7. The molecule has 6 nitrogen and oxygen atoms in total. The number of carbonyl (C=O) groups excluding carboxylic acids is 2. The Bertz CT molecular complexity index is 998. The molecule has 172 valence electrons. The number of aryl methyl sites for hydroxylation is 1. The molecule has 2 aliphatic rings. The Hall–Kier alpha value is -2.05. The van der Waals surface area contributed by atoms with Gasteiger partial charge in [0.2, 0.25) is 5.91 Å². The highest BCUT2D eigenvalue weighted by Gasteiger charge is 2.33. The minimum Gasteiger partial charge on any atom is -0.342 e. The maximum absolute atomic E-state index is 13.3. The molecule has 0 saturated carbocycles. The van der Waals surface area contributed by atoms with Crippen molar-refractivity contribution in [2.45, 2.75) is 46.1 Å². The molecule has 1 aromatic carbocycles. The molecule has 0 N–H and O–H groups in total. The van der Waals surface area contributed by atoms with Crippen LogP contribution in [-0.2, 0) is 11.3 Å². The van der Waals surface area contributed by atoms with Crippen molar-refractivity contribution in [1.29, 1.82) is 0 Å². The Morgan fingerprint density at radius 3 is 2.47 bits per heavy atom. The molecule has 2 fully saturated rings. The molecule has 2 aliphatic heterocycles.